The zero-order chi connectivity index (χ0) is 16.4. The molecule has 21 heavy (non-hydrogen) atoms. The van der Waals surface area contributed by atoms with E-state index in [9.17, 15) is 10.1 Å². The van der Waals surface area contributed by atoms with E-state index in [0.29, 0.717) is 10.2 Å². The maximum atomic E-state index is 11.0. The van der Waals surface area contributed by atoms with E-state index in [-0.39, 0.29) is 11.5 Å². The standard InChI is InChI=1S/C13H14BrN3O2.C2H6/c1-4-11(6-5-9(2)3)16-13-12(17(18)19)7-10(14)8-15-13;1-2/h4-8H,2H2,1,3H3,(H,15,16);1-2H3/b6-5-,11-4+;. The number of anilines is 1. The van der Waals surface area contributed by atoms with Crippen molar-refractivity contribution in [2.45, 2.75) is 27.7 Å². The van der Waals surface area contributed by atoms with E-state index in [1.165, 1.54) is 12.3 Å². The zero-order valence-corrected chi connectivity index (χ0v) is 14.3. The molecular formula is C15H20BrN3O2. The quantitative estimate of drug-likeness (QED) is 0.447. The number of hydrogen-bond acceptors (Lipinski definition) is 4. The van der Waals surface area contributed by atoms with Gasteiger partial charge >= 0.3 is 5.69 Å². The highest BCUT2D eigenvalue weighted by Gasteiger charge is 2.15. The molecule has 114 valence electrons. The maximum Gasteiger partial charge on any atom is 0.312 e. The summed E-state index contributed by atoms with van der Waals surface area (Å²) in [4.78, 5) is 14.5. The van der Waals surface area contributed by atoms with Crippen molar-refractivity contribution in [3.63, 3.8) is 0 Å². The minimum Gasteiger partial charge on any atom is -0.335 e. The summed E-state index contributed by atoms with van der Waals surface area (Å²) in [5.41, 5.74) is 1.51. The Balaban J connectivity index is 0.00000191. The third-order valence-corrected chi connectivity index (χ3v) is 2.59. The van der Waals surface area contributed by atoms with E-state index < -0.39 is 4.92 Å². The van der Waals surface area contributed by atoms with Gasteiger partial charge < -0.3 is 5.32 Å². The monoisotopic (exact) mass is 353 g/mol. The van der Waals surface area contributed by atoms with Crippen LogP contribution in [0.3, 0.4) is 0 Å². The van der Waals surface area contributed by atoms with Crippen molar-refractivity contribution in [2.24, 2.45) is 0 Å². The van der Waals surface area contributed by atoms with Crippen molar-refractivity contribution >= 4 is 27.4 Å². The van der Waals surface area contributed by atoms with Crippen LogP contribution in [0.4, 0.5) is 11.5 Å². The van der Waals surface area contributed by atoms with Crippen LogP contribution in [0.2, 0.25) is 0 Å². The van der Waals surface area contributed by atoms with Gasteiger partial charge in [0.1, 0.15) is 0 Å². The maximum absolute atomic E-state index is 11.0. The Hall–Kier alpha value is -1.95. The van der Waals surface area contributed by atoms with Gasteiger partial charge in [0.2, 0.25) is 5.82 Å². The molecule has 0 aromatic carbocycles. The number of nitro groups is 1. The minimum atomic E-state index is -0.476. The van der Waals surface area contributed by atoms with Crippen molar-refractivity contribution in [3.8, 4) is 0 Å². The lowest BCUT2D eigenvalue weighted by Gasteiger charge is -2.07. The Morgan fingerprint density at radius 1 is 1.48 bits per heavy atom. The van der Waals surface area contributed by atoms with Crippen LogP contribution in [0.1, 0.15) is 27.7 Å². The predicted molar refractivity (Wildman–Crippen MR) is 91.3 cm³/mol. The Kier molecular flexibility index (Phi) is 8.96. The molecule has 1 N–H and O–H groups in total. The highest BCUT2D eigenvalue weighted by atomic mass is 79.9. The zero-order valence-electron chi connectivity index (χ0n) is 12.7. The topological polar surface area (TPSA) is 68.1 Å². The van der Waals surface area contributed by atoms with Gasteiger partial charge in [-0.1, -0.05) is 38.2 Å². The molecule has 0 radical (unpaired) electrons. The van der Waals surface area contributed by atoms with Crippen molar-refractivity contribution in [1.82, 2.24) is 4.98 Å². The molecule has 1 rings (SSSR count). The van der Waals surface area contributed by atoms with Crippen LogP contribution in [-0.2, 0) is 0 Å². The molecule has 0 atom stereocenters. The molecule has 0 saturated heterocycles. The number of allylic oxidation sites excluding steroid dienone is 4. The lowest BCUT2D eigenvalue weighted by atomic mass is 10.2. The van der Waals surface area contributed by atoms with Crippen LogP contribution in [0.25, 0.3) is 0 Å². The summed E-state index contributed by atoms with van der Waals surface area (Å²) < 4.78 is 0.559. The molecule has 0 bridgehead atoms. The molecule has 1 aromatic heterocycles. The second kappa shape index (κ2) is 9.88. The summed E-state index contributed by atoms with van der Waals surface area (Å²) in [6.45, 7) is 11.4. The molecule has 0 spiro atoms. The SMILES string of the molecule is C=C(C)/C=C\C(=C/C)Nc1ncc(Br)cc1[N+](=O)[O-].CC. The van der Waals surface area contributed by atoms with Crippen molar-refractivity contribution in [3.05, 3.63) is 62.9 Å². The van der Waals surface area contributed by atoms with Crippen molar-refractivity contribution in [1.29, 1.82) is 0 Å². The largest absolute Gasteiger partial charge is 0.335 e. The van der Waals surface area contributed by atoms with E-state index in [4.69, 9.17) is 0 Å². The average molecular weight is 354 g/mol. The van der Waals surface area contributed by atoms with Crippen LogP contribution >= 0.6 is 15.9 Å². The Bertz CT molecular complexity index is 566. The molecule has 5 nitrogen and oxygen atoms in total. The van der Waals surface area contributed by atoms with Crippen LogP contribution in [0, 0.1) is 10.1 Å². The van der Waals surface area contributed by atoms with Gasteiger partial charge in [0.15, 0.2) is 0 Å². The number of nitrogens with one attached hydrogen (secondary N) is 1. The van der Waals surface area contributed by atoms with Crippen LogP contribution in [0.5, 0.6) is 0 Å². The summed E-state index contributed by atoms with van der Waals surface area (Å²) in [6, 6.07) is 1.41. The predicted octanol–water partition coefficient (Wildman–Crippen LogP) is 5.23. The second-order valence-corrected chi connectivity index (χ2v) is 4.74. The third kappa shape index (κ3) is 6.85. The number of pyridine rings is 1. The molecule has 1 aromatic rings. The highest BCUT2D eigenvalue weighted by molar-refractivity contribution is 9.10. The molecular weight excluding hydrogens is 334 g/mol. The van der Waals surface area contributed by atoms with Gasteiger partial charge in [-0.05, 0) is 35.9 Å². The summed E-state index contributed by atoms with van der Waals surface area (Å²) in [5.74, 6) is 0.202. The first-order valence-electron chi connectivity index (χ1n) is 6.51. The van der Waals surface area contributed by atoms with E-state index in [2.05, 4.69) is 32.8 Å². The average Bonchev–Trinajstić information content (AvgIpc) is 2.46. The number of rotatable bonds is 5. The second-order valence-electron chi connectivity index (χ2n) is 3.83. The molecule has 6 heteroatoms. The fourth-order valence-corrected chi connectivity index (χ4v) is 1.56. The van der Waals surface area contributed by atoms with E-state index >= 15 is 0 Å². The number of nitrogens with zero attached hydrogens (tertiary/aromatic N) is 2. The minimum absolute atomic E-state index is 0.0857. The number of halogens is 1. The van der Waals surface area contributed by atoms with E-state index in [1.807, 2.05) is 33.8 Å². The van der Waals surface area contributed by atoms with Gasteiger partial charge in [0, 0.05) is 22.4 Å². The molecule has 1 heterocycles. The lowest BCUT2D eigenvalue weighted by molar-refractivity contribution is -0.384. The van der Waals surface area contributed by atoms with Crippen LogP contribution in [0.15, 0.2) is 52.8 Å². The molecule has 0 saturated carbocycles. The molecule has 0 aliphatic carbocycles. The number of hydrogen-bond donors (Lipinski definition) is 1. The van der Waals surface area contributed by atoms with Gasteiger partial charge in [-0.2, -0.15) is 0 Å². The summed E-state index contributed by atoms with van der Waals surface area (Å²) in [7, 11) is 0. The first kappa shape index (κ1) is 19.1. The van der Waals surface area contributed by atoms with Gasteiger partial charge in [0.25, 0.3) is 0 Å². The summed E-state index contributed by atoms with van der Waals surface area (Å²) in [5, 5.41) is 13.9. The van der Waals surface area contributed by atoms with Gasteiger partial charge in [0.05, 0.1) is 4.92 Å². The molecule has 0 amide bonds. The Morgan fingerprint density at radius 2 is 2.10 bits per heavy atom. The van der Waals surface area contributed by atoms with Crippen LogP contribution < -0.4 is 5.32 Å². The molecule has 0 aliphatic heterocycles. The van der Waals surface area contributed by atoms with Crippen LogP contribution in [-0.4, -0.2) is 9.91 Å². The highest BCUT2D eigenvalue weighted by Crippen LogP contribution is 2.26. The third-order valence-electron chi connectivity index (χ3n) is 2.15. The Morgan fingerprint density at radius 3 is 2.57 bits per heavy atom. The first-order chi connectivity index (χ1) is 9.93. The summed E-state index contributed by atoms with van der Waals surface area (Å²) >= 11 is 3.16. The van der Waals surface area contributed by atoms with E-state index in [1.54, 1.807) is 12.2 Å². The Labute approximate surface area is 133 Å². The van der Waals surface area contributed by atoms with Gasteiger partial charge in [-0.3, -0.25) is 10.1 Å². The van der Waals surface area contributed by atoms with Crippen molar-refractivity contribution < 1.29 is 4.92 Å². The van der Waals surface area contributed by atoms with Gasteiger partial charge in [-0.25, -0.2) is 4.98 Å². The smallest absolute Gasteiger partial charge is 0.312 e. The molecule has 0 unspecified atom stereocenters. The molecule has 0 fully saturated rings. The summed E-state index contributed by atoms with van der Waals surface area (Å²) in [6.07, 6.45) is 6.90. The van der Waals surface area contributed by atoms with Gasteiger partial charge in [-0.15, -0.1) is 0 Å². The van der Waals surface area contributed by atoms with Crippen molar-refractivity contribution in [2.75, 3.05) is 5.32 Å². The van der Waals surface area contributed by atoms with E-state index in [0.717, 1.165) is 5.57 Å². The fraction of sp³-hybridized carbons (Fsp3) is 0.267. The lowest BCUT2D eigenvalue weighted by Crippen LogP contribution is -2.03. The first-order valence-corrected chi connectivity index (χ1v) is 7.30. The fourth-order valence-electron chi connectivity index (χ4n) is 1.24. The number of aromatic nitrogens is 1. The molecule has 0 aliphatic rings. The normalized spacial score (nSPS) is 10.8.